The van der Waals surface area contributed by atoms with Crippen molar-refractivity contribution in [2.45, 2.75) is 244 Å². The number of rotatable bonds is 38. The van der Waals surface area contributed by atoms with Crippen molar-refractivity contribution in [1.82, 2.24) is 5.32 Å². The zero-order chi connectivity index (χ0) is 36.0. The van der Waals surface area contributed by atoms with Gasteiger partial charge in [-0.3, -0.25) is 9.59 Å². The molecule has 6 nitrogen and oxygen atoms in total. The summed E-state index contributed by atoms with van der Waals surface area (Å²) in [6.45, 7) is 6.41. The smallest absolute Gasteiger partial charge is 0.306 e. The number of aliphatic hydroxyl groups excluding tert-OH is 2. The van der Waals surface area contributed by atoms with E-state index in [1.54, 1.807) is 0 Å². The maximum absolute atomic E-state index is 13.0. The molecule has 0 spiro atoms. The van der Waals surface area contributed by atoms with Gasteiger partial charge in [0.05, 0.1) is 25.2 Å². The number of esters is 1. The second-order valence-corrected chi connectivity index (χ2v) is 14.7. The number of hydrogen-bond donors (Lipinski definition) is 3. The van der Waals surface area contributed by atoms with Gasteiger partial charge in [0.15, 0.2) is 0 Å². The van der Waals surface area contributed by atoms with E-state index in [4.69, 9.17) is 4.74 Å². The molecule has 0 aromatic carbocycles. The number of allylic oxidation sites excluding steroid dienone is 2. The Hall–Kier alpha value is -1.40. The van der Waals surface area contributed by atoms with Gasteiger partial charge in [0.1, 0.15) is 6.10 Å². The summed E-state index contributed by atoms with van der Waals surface area (Å²) in [5.41, 5.74) is 0. The number of unbranched alkanes of at least 4 members (excludes halogenated alkanes) is 24. The molecule has 3 unspecified atom stereocenters. The van der Waals surface area contributed by atoms with Crippen LogP contribution in [0.2, 0.25) is 0 Å². The second kappa shape index (κ2) is 37.8. The fraction of sp³-hybridized carbons (Fsp3) is 0.907. The number of carbonyl (C=O) groups is 2. The van der Waals surface area contributed by atoms with Crippen molar-refractivity contribution < 1.29 is 24.5 Å². The van der Waals surface area contributed by atoms with Gasteiger partial charge >= 0.3 is 5.97 Å². The van der Waals surface area contributed by atoms with Crippen LogP contribution in [0.1, 0.15) is 226 Å². The van der Waals surface area contributed by atoms with Crippen LogP contribution in [0.15, 0.2) is 12.2 Å². The fourth-order valence-electron chi connectivity index (χ4n) is 6.54. The van der Waals surface area contributed by atoms with Crippen molar-refractivity contribution in [2.24, 2.45) is 0 Å². The molecule has 1 amide bonds. The van der Waals surface area contributed by atoms with Crippen LogP contribution in [0.4, 0.5) is 0 Å². The monoisotopic (exact) mass is 694 g/mol. The lowest BCUT2D eigenvalue weighted by Crippen LogP contribution is -2.46. The highest BCUT2D eigenvalue weighted by molar-refractivity contribution is 5.77. The number of aliphatic hydroxyl groups is 2. The molecule has 3 N–H and O–H groups in total. The quantitative estimate of drug-likeness (QED) is 0.0340. The number of ether oxygens (including phenoxy) is 1. The summed E-state index contributed by atoms with van der Waals surface area (Å²) >= 11 is 0. The predicted molar refractivity (Wildman–Crippen MR) is 209 cm³/mol. The highest BCUT2D eigenvalue weighted by Gasteiger charge is 2.24. The van der Waals surface area contributed by atoms with E-state index in [0.29, 0.717) is 19.3 Å². The van der Waals surface area contributed by atoms with Gasteiger partial charge in [-0.25, -0.2) is 0 Å². The van der Waals surface area contributed by atoms with E-state index in [1.165, 1.54) is 128 Å². The van der Waals surface area contributed by atoms with Gasteiger partial charge in [-0.2, -0.15) is 0 Å². The van der Waals surface area contributed by atoms with Crippen molar-refractivity contribution in [3.05, 3.63) is 12.2 Å². The number of nitrogens with one attached hydrogen (secondary N) is 1. The summed E-state index contributed by atoms with van der Waals surface area (Å²) in [4.78, 5) is 25.8. The van der Waals surface area contributed by atoms with Crippen molar-refractivity contribution in [2.75, 3.05) is 6.61 Å². The maximum atomic E-state index is 13.0. The normalized spacial score (nSPS) is 13.5. The summed E-state index contributed by atoms with van der Waals surface area (Å²) in [6, 6.07) is -0.693. The molecule has 0 saturated carbocycles. The third-order valence-electron chi connectivity index (χ3n) is 9.84. The number of amides is 1. The van der Waals surface area contributed by atoms with E-state index in [2.05, 4.69) is 38.2 Å². The molecule has 0 aromatic heterocycles. The third kappa shape index (κ3) is 33.5. The Balaban J connectivity index is 4.52. The minimum atomic E-state index is -0.779. The molecular weight excluding hydrogens is 610 g/mol. The van der Waals surface area contributed by atoms with E-state index in [9.17, 15) is 19.8 Å². The van der Waals surface area contributed by atoms with E-state index in [-0.39, 0.29) is 24.9 Å². The molecule has 0 aliphatic heterocycles. The standard InChI is InChI=1S/C43H83NO5/c1-4-7-10-13-16-19-21-22-24-27-30-33-36-43(48)49-39(34-31-28-25-18-15-12-9-6-3)37-42(47)44-40(38-45)41(46)35-32-29-26-23-20-17-14-11-8-5-2/h16,19,39-41,45-46H,4-15,17-18,20-38H2,1-3H3,(H,44,47)/b19-16-. The lowest BCUT2D eigenvalue weighted by molar-refractivity contribution is -0.151. The van der Waals surface area contributed by atoms with E-state index in [0.717, 1.165) is 51.4 Å². The zero-order valence-corrected chi connectivity index (χ0v) is 32.8. The van der Waals surface area contributed by atoms with Crippen LogP contribution in [0, 0.1) is 0 Å². The average molecular weight is 694 g/mol. The molecule has 49 heavy (non-hydrogen) atoms. The number of carbonyl (C=O) groups excluding carboxylic acids is 2. The van der Waals surface area contributed by atoms with Gasteiger partial charge in [0.25, 0.3) is 0 Å². The second-order valence-electron chi connectivity index (χ2n) is 14.7. The maximum Gasteiger partial charge on any atom is 0.306 e. The van der Waals surface area contributed by atoms with Crippen molar-refractivity contribution in [3.8, 4) is 0 Å². The van der Waals surface area contributed by atoms with Gasteiger partial charge in [-0.05, 0) is 51.4 Å². The van der Waals surface area contributed by atoms with Crippen LogP contribution >= 0.6 is 0 Å². The molecule has 0 saturated heterocycles. The van der Waals surface area contributed by atoms with Crippen LogP contribution in [0.3, 0.4) is 0 Å². The van der Waals surface area contributed by atoms with Gasteiger partial charge in [-0.1, -0.05) is 174 Å². The molecule has 0 fully saturated rings. The summed E-state index contributed by atoms with van der Waals surface area (Å²) in [7, 11) is 0. The topological polar surface area (TPSA) is 95.9 Å². The van der Waals surface area contributed by atoms with Crippen LogP contribution in [-0.2, 0) is 14.3 Å². The Morgan fingerprint density at radius 3 is 1.49 bits per heavy atom. The first-order chi connectivity index (χ1) is 24.0. The molecule has 0 aromatic rings. The van der Waals surface area contributed by atoms with Gasteiger partial charge < -0.3 is 20.3 Å². The first-order valence-electron chi connectivity index (χ1n) is 21.4. The Kier molecular flexibility index (Phi) is 36.8. The summed E-state index contributed by atoms with van der Waals surface area (Å²) in [5.74, 6) is -0.481. The molecule has 0 heterocycles. The Bertz CT molecular complexity index is 742. The molecule has 3 atom stereocenters. The third-order valence-corrected chi connectivity index (χ3v) is 9.84. The molecule has 0 radical (unpaired) electrons. The molecule has 0 aliphatic rings. The minimum absolute atomic E-state index is 0.0790. The van der Waals surface area contributed by atoms with Gasteiger partial charge in [0, 0.05) is 6.42 Å². The van der Waals surface area contributed by atoms with E-state index < -0.39 is 18.2 Å². The SMILES string of the molecule is CCCCC/C=C\CCCCCCCC(=O)OC(CCCCCCCCCC)CC(=O)NC(CO)C(O)CCCCCCCCCCCC. The summed E-state index contributed by atoms with van der Waals surface area (Å²) in [6.07, 6.45) is 38.4. The van der Waals surface area contributed by atoms with E-state index >= 15 is 0 Å². The number of hydrogen-bond acceptors (Lipinski definition) is 5. The van der Waals surface area contributed by atoms with Gasteiger partial charge in [-0.15, -0.1) is 0 Å². The summed E-state index contributed by atoms with van der Waals surface area (Å²) < 4.78 is 5.86. The lowest BCUT2D eigenvalue weighted by atomic mass is 10.0. The Morgan fingerprint density at radius 2 is 0.980 bits per heavy atom. The molecule has 0 bridgehead atoms. The van der Waals surface area contributed by atoms with Gasteiger partial charge in [0.2, 0.25) is 5.91 Å². The summed E-state index contributed by atoms with van der Waals surface area (Å²) in [5, 5.41) is 23.5. The minimum Gasteiger partial charge on any atom is -0.462 e. The molecule has 6 heteroatoms. The molecular formula is C43H83NO5. The molecule has 0 rings (SSSR count). The Morgan fingerprint density at radius 1 is 0.571 bits per heavy atom. The first-order valence-corrected chi connectivity index (χ1v) is 21.4. The van der Waals surface area contributed by atoms with Crippen LogP contribution in [-0.4, -0.2) is 46.9 Å². The van der Waals surface area contributed by atoms with Crippen LogP contribution in [0.25, 0.3) is 0 Å². The van der Waals surface area contributed by atoms with Crippen molar-refractivity contribution >= 4 is 11.9 Å². The molecule has 290 valence electrons. The van der Waals surface area contributed by atoms with Crippen LogP contribution in [0.5, 0.6) is 0 Å². The van der Waals surface area contributed by atoms with E-state index in [1.807, 2.05) is 0 Å². The first kappa shape index (κ1) is 47.6. The average Bonchev–Trinajstić information content (AvgIpc) is 3.09. The Labute approximate surface area is 304 Å². The fourth-order valence-corrected chi connectivity index (χ4v) is 6.54. The van der Waals surface area contributed by atoms with Crippen molar-refractivity contribution in [3.63, 3.8) is 0 Å². The van der Waals surface area contributed by atoms with Crippen molar-refractivity contribution in [1.29, 1.82) is 0 Å². The lowest BCUT2D eigenvalue weighted by Gasteiger charge is -2.24. The van der Waals surface area contributed by atoms with Crippen LogP contribution < -0.4 is 5.32 Å². The largest absolute Gasteiger partial charge is 0.462 e. The highest BCUT2D eigenvalue weighted by atomic mass is 16.5. The molecule has 0 aliphatic carbocycles. The zero-order valence-electron chi connectivity index (χ0n) is 32.8. The highest BCUT2D eigenvalue weighted by Crippen LogP contribution is 2.17. The predicted octanol–water partition coefficient (Wildman–Crippen LogP) is 11.8.